The molecule has 0 spiro atoms. The quantitative estimate of drug-likeness (QED) is 0.452. The molecule has 1 heterocycles. The molecule has 0 saturated heterocycles. The number of amides is 1. The number of hydrogen-bond donors (Lipinski definition) is 1. The fourth-order valence-electron chi connectivity index (χ4n) is 4.57. The normalized spacial score (nSPS) is 16.0. The third-order valence-electron chi connectivity index (χ3n) is 6.97. The number of carbonyl (C=O) groups is 1. The smallest absolute Gasteiger partial charge is 0.417 e. The number of nitrogens with one attached hydrogen (secondary N) is 1. The van der Waals surface area contributed by atoms with Gasteiger partial charge in [-0.15, -0.1) is 0 Å². The van der Waals surface area contributed by atoms with E-state index >= 15 is 0 Å². The molecule has 3 aromatic carbocycles. The number of aryl methyl sites for hydroxylation is 1. The van der Waals surface area contributed by atoms with Crippen LogP contribution >= 0.6 is 0 Å². The van der Waals surface area contributed by atoms with Gasteiger partial charge >= 0.3 is 6.18 Å². The van der Waals surface area contributed by atoms with Crippen molar-refractivity contribution in [3.63, 3.8) is 0 Å². The Hall–Kier alpha value is -3.57. The van der Waals surface area contributed by atoms with Gasteiger partial charge in [0.25, 0.3) is 0 Å². The van der Waals surface area contributed by atoms with Gasteiger partial charge in [0.15, 0.2) is 11.5 Å². The number of fused-ring (bicyclic) bond motifs is 1. The molecule has 1 N–H and O–H groups in total. The minimum absolute atomic E-state index is 0.117. The van der Waals surface area contributed by atoms with Crippen molar-refractivity contribution in [2.75, 3.05) is 26.2 Å². The number of benzene rings is 3. The van der Waals surface area contributed by atoms with E-state index in [1.165, 1.54) is 20.2 Å². The van der Waals surface area contributed by atoms with E-state index in [-0.39, 0.29) is 23.8 Å². The van der Waals surface area contributed by atoms with E-state index in [9.17, 15) is 26.4 Å². The molecule has 1 fully saturated rings. The highest BCUT2D eigenvalue weighted by Gasteiger charge is 2.51. The molecule has 1 saturated carbocycles. The largest absolute Gasteiger partial charge is 0.454 e. The number of rotatable bonds is 6. The zero-order valence-electron chi connectivity index (χ0n) is 20.8. The summed E-state index contributed by atoms with van der Waals surface area (Å²) in [5.41, 5.74) is -0.132. The average Bonchev–Trinajstić information content (AvgIpc) is 3.55. The number of anilines is 1. The molecular formula is C27H25F3N2O5S. The van der Waals surface area contributed by atoms with E-state index in [0.29, 0.717) is 41.7 Å². The Morgan fingerprint density at radius 3 is 2.32 bits per heavy atom. The van der Waals surface area contributed by atoms with Crippen LogP contribution in [0.5, 0.6) is 11.5 Å². The van der Waals surface area contributed by atoms with E-state index in [4.69, 9.17) is 9.47 Å². The number of nitrogens with zero attached hydrogens (tertiary/aromatic N) is 1. The lowest BCUT2D eigenvalue weighted by molar-refractivity contribution is -0.137. The molecule has 11 heteroatoms. The first kappa shape index (κ1) is 26.1. The van der Waals surface area contributed by atoms with Crippen molar-refractivity contribution >= 4 is 21.6 Å². The highest BCUT2D eigenvalue weighted by Crippen LogP contribution is 2.51. The molecular weight excluding hydrogens is 521 g/mol. The van der Waals surface area contributed by atoms with Crippen LogP contribution < -0.4 is 14.8 Å². The lowest BCUT2D eigenvalue weighted by Gasteiger charge is -2.20. The molecule has 5 rings (SSSR count). The maximum Gasteiger partial charge on any atom is 0.417 e. The first-order chi connectivity index (χ1) is 17.8. The molecule has 1 aliphatic carbocycles. The van der Waals surface area contributed by atoms with E-state index < -0.39 is 32.1 Å². The first-order valence-corrected chi connectivity index (χ1v) is 13.2. The molecule has 3 aromatic rings. The van der Waals surface area contributed by atoms with Crippen LogP contribution in [0.3, 0.4) is 0 Å². The molecule has 0 radical (unpaired) electrons. The van der Waals surface area contributed by atoms with Crippen molar-refractivity contribution in [3.8, 4) is 22.6 Å². The molecule has 0 aromatic heterocycles. The van der Waals surface area contributed by atoms with Gasteiger partial charge in [-0.05, 0) is 78.4 Å². The van der Waals surface area contributed by atoms with Crippen molar-refractivity contribution in [1.29, 1.82) is 0 Å². The van der Waals surface area contributed by atoms with Crippen LogP contribution in [0.1, 0.15) is 29.5 Å². The summed E-state index contributed by atoms with van der Waals surface area (Å²) in [5, 5.41) is 2.86. The van der Waals surface area contributed by atoms with Gasteiger partial charge in [0.1, 0.15) is 0 Å². The molecule has 0 atom stereocenters. The highest BCUT2D eigenvalue weighted by molar-refractivity contribution is 7.89. The molecule has 38 heavy (non-hydrogen) atoms. The van der Waals surface area contributed by atoms with Crippen LogP contribution in [0.2, 0.25) is 0 Å². The first-order valence-electron chi connectivity index (χ1n) is 11.8. The topological polar surface area (TPSA) is 84.9 Å². The second kappa shape index (κ2) is 9.02. The molecule has 1 amide bonds. The fraction of sp³-hybridized carbons (Fsp3) is 0.296. The predicted molar refractivity (Wildman–Crippen MR) is 135 cm³/mol. The van der Waals surface area contributed by atoms with Crippen molar-refractivity contribution in [1.82, 2.24) is 4.31 Å². The van der Waals surface area contributed by atoms with Gasteiger partial charge in [0, 0.05) is 19.8 Å². The standard InChI is InChI=1S/C27H25F3N2O5S/c1-16-4-6-18(31-25(33)26(10-11-26)17-5-9-23-24(12-17)37-15-36-23)13-21(16)20-8-7-19(38(34,35)32(2)3)14-22(20)27(28,29)30/h4-9,12-14H,10-11,15H2,1-3H3,(H,31,33). The van der Waals surface area contributed by atoms with Gasteiger partial charge < -0.3 is 14.8 Å². The summed E-state index contributed by atoms with van der Waals surface area (Å²) in [4.78, 5) is 12.9. The third-order valence-corrected chi connectivity index (χ3v) is 8.78. The molecule has 2 aliphatic rings. The summed E-state index contributed by atoms with van der Waals surface area (Å²) in [5.74, 6) is 0.909. The maximum atomic E-state index is 14.1. The van der Waals surface area contributed by atoms with Gasteiger partial charge in [-0.25, -0.2) is 12.7 Å². The van der Waals surface area contributed by atoms with Gasteiger partial charge in [0.2, 0.25) is 22.7 Å². The molecule has 1 aliphatic heterocycles. The monoisotopic (exact) mass is 546 g/mol. The molecule has 200 valence electrons. The fourth-order valence-corrected chi connectivity index (χ4v) is 5.50. The Labute approximate surface area is 218 Å². The van der Waals surface area contributed by atoms with E-state index in [1.54, 1.807) is 31.2 Å². The van der Waals surface area contributed by atoms with Gasteiger partial charge in [-0.2, -0.15) is 13.2 Å². The Morgan fingerprint density at radius 1 is 0.947 bits per heavy atom. The highest BCUT2D eigenvalue weighted by atomic mass is 32.2. The van der Waals surface area contributed by atoms with Crippen LogP contribution in [0.25, 0.3) is 11.1 Å². The van der Waals surface area contributed by atoms with Crippen molar-refractivity contribution < 1.29 is 35.9 Å². The van der Waals surface area contributed by atoms with E-state index in [1.807, 2.05) is 6.07 Å². The number of sulfonamides is 1. The van der Waals surface area contributed by atoms with E-state index in [2.05, 4.69) is 5.32 Å². The average molecular weight is 547 g/mol. The minimum Gasteiger partial charge on any atom is -0.454 e. The summed E-state index contributed by atoms with van der Waals surface area (Å²) >= 11 is 0. The van der Waals surface area contributed by atoms with Crippen LogP contribution in [0.4, 0.5) is 18.9 Å². The van der Waals surface area contributed by atoms with Gasteiger partial charge in [-0.1, -0.05) is 18.2 Å². The van der Waals surface area contributed by atoms with Crippen LogP contribution in [-0.4, -0.2) is 39.5 Å². The Balaban J connectivity index is 1.49. The lowest BCUT2D eigenvalue weighted by atomic mass is 9.93. The zero-order chi connectivity index (χ0) is 27.5. The summed E-state index contributed by atoms with van der Waals surface area (Å²) in [6.45, 7) is 1.77. The SMILES string of the molecule is Cc1ccc(NC(=O)C2(c3ccc4c(c3)OCO4)CC2)cc1-c1ccc(S(=O)(=O)N(C)C)cc1C(F)(F)F. The molecule has 0 bridgehead atoms. The second-order valence-electron chi connectivity index (χ2n) is 9.63. The van der Waals surface area contributed by atoms with Crippen LogP contribution in [0, 0.1) is 6.92 Å². The number of alkyl halides is 3. The minimum atomic E-state index is -4.81. The summed E-state index contributed by atoms with van der Waals surface area (Å²) in [7, 11) is -1.57. The summed E-state index contributed by atoms with van der Waals surface area (Å²) < 4.78 is 78.9. The Morgan fingerprint density at radius 2 is 1.66 bits per heavy atom. The third kappa shape index (κ3) is 4.49. The summed E-state index contributed by atoms with van der Waals surface area (Å²) in [6.07, 6.45) is -3.56. The predicted octanol–water partition coefficient (Wildman–Crippen LogP) is 5.33. The maximum absolute atomic E-state index is 14.1. The Bertz CT molecular complexity index is 1550. The van der Waals surface area contributed by atoms with Crippen LogP contribution in [-0.2, 0) is 26.4 Å². The van der Waals surface area contributed by atoms with E-state index in [0.717, 1.165) is 22.0 Å². The van der Waals surface area contributed by atoms with Crippen molar-refractivity contribution in [2.24, 2.45) is 0 Å². The number of halogens is 3. The van der Waals surface area contributed by atoms with Crippen LogP contribution in [0.15, 0.2) is 59.5 Å². The van der Waals surface area contributed by atoms with Crippen molar-refractivity contribution in [2.45, 2.75) is 36.3 Å². The van der Waals surface area contributed by atoms with Crippen molar-refractivity contribution in [3.05, 3.63) is 71.3 Å². The molecule has 7 nitrogen and oxygen atoms in total. The number of carbonyl (C=O) groups excluding carboxylic acids is 1. The molecule has 0 unspecified atom stereocenters. The number of hydrogen-bond acceptors (Lipinski definition) is 5. The summed E-state index contributed by atoms with van der Waals surface area (Å²) in [6, 6.07) is 13.1. The second-order valence-corrected chi connectivity index (χ2v) is 11.8. The van der Waals surface area contributed by atoms with Gasteiger partial charge in [0.05, 0.1) is 15.9 Å². The zero-order valence-corrected chi connectivity index (χ0v) is 21.7. The lowest BCUT2D eigenvalue weighted by Crippen LogP contribution is -2.27. The number of ether oxygens (including phenoxy) is 2. The van der Waals surface area contributed by atoms with Gasteiger partial charge in [-0.3, -0.25) is 4.79 Å². The Kier molecular flexibility index (Phi) is 6.18.